The first-order chi connectivity index (χ1) is 10.1. The number of alkyl halides is 1. The molecule has 1 aliphatic heterocycles. The Hall–Kier alpha value is -1.11. The minimum Gasteiger partial charge on any atom is -0.385 e. The van der Waals surface area contributed by atoms with Gasteiger partial charge in [-0.15, -0.1) is 0 Å². The van der Waals surface area contributed by atoms with Gasteiger partial charge in [0.25, 0.3) is 5.56 Å². The maximum atomic E-state index is 14.4. The summed E-state index contributed by atoms with van der Waals surface area (Å²) in [6.07, 6.45) is -4.70. The van der Waals surface area contributed by atoms with Crippen molar-refractivity contribution in [3.05, 3.63) is 30.6 Å². The number of hydrogen-bond donors (Lipinski definition) is 2. The fraction of sp³-hybridized carbons (Fsp3) is 0.583. The molecule has 8 nitrogen and oxygen atoms in total. The number of ketones is 1. The highest BCUT2D eigenvalue weighted by atomic mass is 127. The minimum atomic E-state index is -2.26. The maximum Gasteiger partial charge on any atom is 0.330 e. The molecule has 22 heavy (non-hydrogen) atoms. The van der Waals surface area contributed by atoms with E-state index in [0.29, 0.717) is 4.57 Å². The molecule has 10 heteroatoms. The number of carbonyl (C=O) groups is 1. The number of aromatic amines is 1. The number of Topliss-reactive ketones (excluding diaryl/α,β-unsaturated/α-hetero) is 1. The molecule has 2 N–H and O–H groups in total. The first-order valence-corrected chi connectivity index (χ1v) is 7.38. The van der Waals surface area contributed by atoms with Crippen LogP contribution < -0.4 is 11.2 Å². The van der Waals surface area contributed by atoms with Crippen molar-refractivity contribution in [2.75, 3.05) is 6.61 Å². The van der Waals surface area contributed by atoms with Crippen LogP contribution in [0.3, 0.4) is 0 Å². The van der Waals surface area contributed by atoms with E-state index in [9.17, 15) is 23.9 Å². The number of carbonyl (C=O) groups excluding carboxylic acids is 1. The normalized spacial score (nSPS) is 24.0. The van der Waals surface area contributed by atoms with Crippen LogP contribution in [0.5, 0.6) is 0 Å². The molecule has 0 saturated carbocycles. The number of hydrogen-bond acceptors (Lipinski definition) is 6. The number of ether oxygens (including phenoxy) is 2. The van der Waals surface area contributed by atoms with E-state index in [1.54, 1.807) is 22.6 Å². The Kier molecular flexibility index (Phi) is 4.84. The summed E-state index contributed by atoms with van der Waals surface area (Å²) in [7, 11) is 0. The van der Waals surface area contributed by atoms with Crippen molar-refractivity contribution in [2.24, 2.45) is 0 Å². The lowest BCUT2D eigenvalue weighted by Gasteiger charge is -2.37. The average Bonchev–Trinajstić information content (AvgIpc) is 2.44. The zero-order valence-electron chi connectivity index (χ0n) is 11.7. The lowest BCUT2D eigenvalue weighted by atomic mass is 10.1. The van der Waals surface area contributed by atoms with E-state index >= 15 is 0 Å². The van der Waals surface area contributed by atoms with Gasteiger partial charge in [0.15, 0.2) is 17.7 Å². The largest absolute Gasteiger partial charge is 0.385 e. The van der Waals surface area contributed by atoms with Gasteiger partial charge < -0.3 is 14.6 Å². The third-order valence-electron chi connectivity index (χ3n) is 3.07. The third-order valence-corrected chi connectivity index (χ3v) is 3.84. The molecule has 1 fully saturated rings. The van der Waals surface area contributed by atoms with Crippen LogP contribution in [0.1, 0.15) is 20.1 Å². The van der Waals surface area contributed by atoms with Gasteiger partial charge in [-0.05, 0) is 36.4 Å². The molecule has 0 radical (unpaired) electrons. The Morgan fingerprint density at radius 3 is 2.77 bits per heavy atom. The van der Waals surface area contributed by atoms with Crippen LogP contribution in [0.4, 0.5) is 4.39 Å². The number of nitrogens with one attached hydrogen (secondary N) is 1. The molecule has 1 aromatic heterocycles. The maximum absolute atomic E-state index is 14.4. The van der Waals surface area contributed by atoms with Gasteiger partial charge in [0, 0.05) is 6.20 Å². The van der Waals surface area contributed by atoms with Gasteiger partial charge >= 0.3 is 5.69 Å². The summed E-state index contributed by atoms with van der Waals surface area (Å²) >= 11 is 1.62. The predicted octanol–water partition coefficient (Wildman–Crippen LogP) is -0.309. The summed E-state index contributed by atoms with van der Waals surface area (Å²) in [5, 5.41) is 10.1. The minimum absolute atomic E-state index is 0.0617. The quantitative estimate of drug-likeness (QED) is 0.640. The van der Waals surface area contributed by atoms with E-state index in [4.69, 9.17) is 9.47 Å². The Morgan fingerprint density at radius 1 is 1.50 bits per heavy atom. The highest BCUT2D eigenvalue weighted by Crippen LogP contribution is 2.26. The second-order valence-corrected chi connectivity index (χ2v) is 6.36. The molecule has 1 aliphatic rings. The third kappa shape index (κ3) is 3.45. The first kappa shape index (κ1) is 17.2. The van der Waals surface area contributed by atoms with Gasteiger partial charge in [-0.25, -0.2) is 9.18 Å². The molecule has 0 spiro atoms. The SMILES string of the molecule is CC1(C)OCC(=O)[C@H]([C@@H](O)[C@H](F)n2cc(I)c(=O)[nH]c2=O)O1. The standard InChI is InChI=1S/C12H14FIN2O6/c1-12(2)21-4-6(17)8(22-12)7(18)9(13)16-3-5(14)10(19)15-11(16)20/h3,7-9,18H,4H2,1-2H3,(H,15,19,20)/t7-,8-,9-/m1/s1. The van der Waals surface area contributed by atoms with Crippen molar-refractivity contribution < 1.29 is 23.8 Å². The van der Waals surface area contributed by atoms with Crippen LogP contribution in [0.15, 0.2) is 15.8 Å². The fourth-order valence-corrected chi connectivity index (χ4v) is 2.38. The monoisotopic (exact) mass is 428 g/mol. The molecular weight excluding hydrogens is 414 g/mol. The number of halogens is 2. The predicted molar refractivity (Wildman–Crippen MR) is 80.1 cm³/mol. The van der Waals surface area contributed by atoms with Crippen molar-refractivity contribution in [3.63, 3.8) is 0 Å². The number of aromatic nitrogens is 2. The van der Waals surface area contributed by atoms with Crippen LogP contribution >= 0.6 is 22.6 Å². The summed E-state index contributed by atoms with van der Waals surface area (Å²) in [5.74, 6) is -1.80. The molecule has 2 heterocycles. The van der Waals surface area contributed by atoms with Gasteiger partial charge in [0.05, 0.1) is 3.57 Å². The van der Waals surface area contributed by atoms with Crippen molar-refractivity contribution in [1.82, 2.24) is 9.55 Å². The molecule has 0 unspecified atom stereocenters. The van der Waals surface area contributed by atoms with Gasteiger partial charge in [-0.2, -0.15) is 0 Å². The molecule has 1 aromatic rings. The molecular formula is C12H14FIN2O6. The Bertz CT molecular complexity index is 700. The Morgan fingerprint density at radius 2 is 2.14 bits per heavy atom. The molecule has 0 bridgehead atoms. The van der Waals surface area contributed by atoms with Gasteiger partial charge in [-0.3, -0.25) is 19.1 Å². The molecule has 0 aliphatic carbocycles. The van der Waals surface area contributed by atoms with E-state index in [1.807, 2.05) is 4.98 Å². The second-order valence-electron chi connectivity index (χ2n) is 5.20. The first-order valence-electron chi connectivity index (χ1n) is 6.30. The van der Waals surface area contributed by atoms with Crippen molar-refractivity contribution >= 4 is 28.4 Å². The smallest absolute Gasteiger partial charge is 0.330 e. The van der Waals surface area contributed by atoms with E-state index in [1.165, 1.54) is 13.8 Å². The number of aliphatic hydroxyl groups is 1. The molecule has 122 valence electrons. The van der Waals surface area contributed by atoms with Crippen LogP contribution in [0, 0.1) is 3.57 Å². The average molecular weight is 428 g/mol. The Labute approximate surface area is 137 Å². The van der Waals surface area contributed by atoms with Gasteiger partial charge in [-0.1, -0.05) is 0 Å². The molecule has 1 saturated heterocycles. The van der Waals surface area contributed by atoms with Gasteiger partial charge in [0.2, 0.25) is 6.30 Å². The number of H-pyrrole nitrogens is 1. The number of aliphatic hydroxyl groups excluding tert-OH is 1. The lowest BCUT2D eigenvalue weighted by Crippen LogP contribution is -2.53. The van der Waals surface area contributed by atoms with E-state index in [2.05, 4.69) is 0 Å². The lowest BCUT2D eigenvalue weighted by molar-refractivity contribution is -0.276. The van der Waals surface area contributed by atoms with Crippen molar-refractivity contribution in [3.8, 4) is 0 Å². The summed E-state index contributed by atoms with van der Waals surface area (Å²) in [4.78, 5) is 36.6. The Balaban J connectivity index is 2.31. The van der Waals surface area contributed by atoms with Crippen LogP contribution in [0.25, 0.3) is 0 Å². The second kappa shape index (κ2) is 6.18. The van der Waals surface area contributed by atoms with Crippen LogP contribution in [-0.4, -0.2) is 45.0 Å². The number of nitrogens with zero attached hydrogens (tertiary/aromatic N) is 1. The summed E-state index contributed by atoms with van der Waals surface area (Å²) in [6.45, 7) is 2.70. The van der Waals surface area contributed by atoms with Crippen molar-refractivity contribution in [1.29, 1.82) is 0 Å². The molecule has 3 atom stereocenters. The van der Waals surface area contributed by atoms with Crippen molar-refractivity contribution in [2.45, 2.75) is 38.1 Å². The van der Waals surface area contributed by atoms with E-state index in [0.717, 1.165) is 6.20 Å². The summed E-state index contributed by atoms with van der Waals surface area (Å²) < 4.78 is 25.3. The van der Waals surface area contributed by atoms with Crippen LogP contribution in [0.2, 0.25) is 0 Å². The number of rotatable bonds is 3. The van der Waals surface area contributed by atoms with Crippen LogP contribution in [-0.2, 0) is 14.3 Å². The molecule has 0 aromatic carbocycles. The molecule has 2 rings (SSSR count). The fourth-order valence-electron chi connectivity index (χ4n) is 1.95. The summed E-state index contributed by atoms with van der Waals surface area (Å²) in [5.41, 5.74) is -1.70. The zero-order chi connectivity index (χ0) is 16.7. The van der Waals surface area contributed by atoms with E-state index in [-0.39, 0.29) is 10.2 Å². The zero-order valence-corrected chi connectivity index (χ0v) is 13.9. The highest BCUT2D eigenvalue weighted by molar-refractivity contribution is 14.1. The highest BCUT2D eigenvalue weighted by Gasteiger charge is 2.43. The van der Waals surface area contributed by atoms with E-state index < -0.39 is 41.3 Å². The summed E-state index contributed by atoms with van der Waals surface area (Å²) in [6, 6.07) is 0. The topological polar surface area (TPSA) is 111 Å². The molecule has 0 amide bonds. The van der Waals surface area contributed by atoms with Gasteiger partial charge in [0.1, 0.15) is 12.7 Å².